The van der Waals surface area contributed by atoms with Crippen molar-refractivity contribution in [1.82, 2.24) is 0 Å². The lowest BCUT2D eigenvalue weighted by Gasteiger charge is -2.35. The lowest BCUT2D eigenvalue weighted by Crippen LogP contribution is -2.50. The number of aliphatic hydroxyl groups excluding tert-OH is 1. The zero-order valence-electron chi connectivity index (χ0n) is 8.82. The second kappa shape index (κ2) is 4.17. The van der Waals surface area contributed by atoms with Gasteiger partial charge in [0.05, 0.1) is 6.10 Å². The average molecular weight is 240 g/mol. The molecule has 0 aromatic heterocycles. The molecule has 1 aliphatic carbocycles. The van der Waals surface area contributed by atoms with Crippen molar-refractivity contribution < 1.29 is 9.90 Å². The molecule has 2 atom stereocenters. The number of nitrogens with two attached hydrogens (primary N) is 1. The Hall–Kier alpha value is -0.900. The van der Waals surface area contributed by atoms with E-state index in [9.17, 15) is 9.90 Å². The fourth-order valence-electron chi connectivity index (χ4n) is 2.19. The molecule has 86 valence electrons. The topological polar surface area (TPSA) is 63.3 Å². The summed E-state index contributed by atoms with van der Waals surface area (Å²) in [4.78, 5) is 11.9. The highest BCUT2D eigenvalue weighted by atomic mass is 35.5. The monoisotopic (exact) mass is 239 g/mol. The molecule has 1 fully saturated rings. The molecule has 0 unspecified atom stereocenters. The third kappa shape index (κ3) is 1.86. The number of ketones is 1. The van der Waals surface area contributed by atoms with Crippen LogP contribution in [-0.4, -0.2) is 17.0 Å². The Morgan fingerprint density at radius 3 is 2.81 bits per heavy atom. The third-order valence-corrected chi connectivity index (χ3v) is 3.44. The van der Waals surface area contributed by atoms with Gasteiger partial charge in [-0.2, -0.15) is 0 Å². The SMILES string of the molecule is N[C@@]1(c2ccccc2Cl)C[C@H](O)CCC1=O. The Bertz CT molecular complexity index is 421. The van der Waals surface area contributed by atoms with Crippen molar-refractivity contribution in [3.8, 4) is 0 Å². The number of halogens is 1. The summed E-state index contributed by atoms with van der Waals surface area (Å²) in [5, 5.41) is 10.1. The first kappa shape index (κ1) is 11.6. The van der Waals surface area contributed by atoms with Gasteiger partial charge in [-0.25, -0.2) is 0 Å². The van der Waals surface area contributed by atoms with Crippen LogP contribution < -0.4 is 5.73 Å². The van der Waals surface area contributed by atoms with Gasteiger partial charge in [0.15, 0.2) is 5.78 Å². The van der Waals surface area contributed by atoms with Crippen LogP contribution in [-0.2, 0) is 10.3 Å². The van der Waals surface area contributed by atoms with Gasteiger partial charge in [-0.3, -0.25) is 4.79 Å². The van der Waals surface area contributed by atoms with Gasteiger partial charge in [0.25, 0.3) is 0 Å². The Morgan fingerprint density at radius 1 is 1.44 bits per heavy atom. The summed E-state index contributed by atoms with van der Waals surface area (Å²) < 4.78 is 0. The number of Topliss-reactive ketones (excluding diaryl/α,β-unsaturated/α-hetero) is 1. The van der Waals surface area contributed by atoms with E-state index < -0.39 is 11.6 Å². The number of benzene rings is 1. The number of carbonyl (C=O) groups is 1. The van der Waals surface area contributed by atoms with E-state index in [1.165, 1.54) is 0 Å². The van der Waals surface area contributed by atoms with Crippen molar-refractivity contribution in [2.45, 2.75) is 30.9 Å². The summed E-state index contributed by atoms with van der Waals surface area (Å²) in [5.41, 5.74) is 5.60. The minimum atomic E-state index is -1.13. The highest BCUT2D eigenvalue weighted by molar-refractivity contribution is 6.31. The van der Waals surface area contributed by atoms with E-state index in [1.807, 2.05) is 0 Å². The van der Waals surface area contributed by atoms with Crippen molar-refractivity contribution in [2.75, 3.05) is 0 Å². The molecular formula is C12H14ClNO2. The maximum atomic E-state index is 11.9. The second-order valence-electron chi connectivity index (χ2n) is 4.27. The van der Waals surface area contributed by atoms with Gasteiger partial charge in [-0.1, -0.05) is 29.8 Å². The van der Waals surface area contributed by atoms with Gasteiger partial charge in [0.2, 0.25) is 0 Å². The molecule has 4 heteroatoms. The fraction of sp³-hybridized carbons (Fsp3) is 0.417. The van der Waals surface area contributed by atoms with Crippen LogP contribution in [0.3, 0.4) is 0 Å². The maximum Gasteiger partial charge on any atom is 0.157 e. The van der Waals surface area contributed by atoms with Gasteiger partial charge in [0.1, 0.15) is 5.54 Å². The van der Waals surface area contributed by atoms with Crippen molar-refractivity contribution >= 4 is 17.4 Å². The Balaban J connectivity index is 2.44. The van der Waals surface area contributed by atoms with E-state index in [0.29, 0.717) is 23.4 Å². The molecule has 0 bridgehead atoms. The van der Waals surface area contributed by atoms with Gasteiger partial charge >= 0.3 is 0 Å². The van der Waals surface area contributed by atoms with Gasteiger partial charge in [-0.05, 0) is 18.1 Å². The fourth-order valence-corrected chi connectivity index (χ4v) is 2.50. The van der Waals surface area contributed by atoms with E-state index in [0.717, 1.165) is 0 Å². The molecule has 1 aliphatic rings. The van der Waals surface area contributed by atoms with E-state index >= 15 is 0 Å². The lowest BCUT2D eigenvalue weighted by atomic mass is 9.75. The number of hydrogen-bond donors (Lipinski definition) is 2. The summed E-state index contributed by atoms with van der Waals surface area (Å²) in [5.74, 6) is -0.0501. The molecule has 0 radical (unpaired) electrons. The molecule has 0 spiro atoms. The largest absolute Gasteiger partial charge is 0.393 e. The van der Waals surface area contributed by atoms with Crippen LogP contribution in [0, 0.1) is 0 Å². The van der Waals surface area contributed by atoms with Crippen LogP contribution >= 0.6 is 11.6 Å². The van der Waals surface area contributed by atoms with Crippen LogP contribution in [0.1, 0.15) is 24.8 Å². The van der Waals surface area contributed by atoms with E-state index in [-0.39, 0.29) is 12.2 Å². The molecule has 0 saturated heterocycles. The van der Waals surface area contributed by atoms with Crippen LogP contribution in [0.4, 0.5) is 0 Å². The average Bonchev–Trinajstić information content (AvgIpc) is 2.24. The molecular weight excluding hydrogens is 226 g/mol. The zero-order valence-corrected chi connectivity index (χ0v) is 9.57. The summed E-state index contributed by atoms with van der Waals surface area (Å²) in [6.45, 7) is 0. The van der Waals surface area contributed by atoms with Gasteiger partial charge in [-0.15, -0.1) is 0 Å². The Labute approximate surface area is 99.2 Å². The van der Waals surface area contributed by atoms with Crippen LogP contribution in [0.15, 0.2) is 24.3 Å². The molecule has 0 amide bonds. The van der Waals surface area contributed by atoms with Crippen LogP contribution in [0.2, 0.25) is 5.02 Å². The Morgan fingerprint density at radius 2 is 2.12 bits per heavy atom. The predicted octanol–water partition coefficient (Wildman–Crippen LogP) is 1.61. The van der Waals surface area contributed by atoms with Crippen molar-refractivity contribution in [1.29, 1.82) is 0 Å². The number of aliphatic hydroxyl groups is 1. The third-order valence-electron chi connectivity index (χ3n) is 3.11. The number of hydrogen-bond acceptors (Lipinski definition) is 3. The molecule has 2 rings (SSSR count). The normalized spacial score (nSPS) is 30.4. The summed E-state index contributed by atoms with van der Waals surface area (Å²) >= 11 is 6.05. The van der Waals surface area contributed by atoms with Crippen molar-refractivity contribution in [2.24, 2.45) is 5.73 Å². The standard InChI is InChI=1S/C12H14ClNO2/c13-10-4-2-1-3-9(10)12(14)7-8(15)5-6-11(12)16/h1-4,8,15H,5-7,14H2/t8-,12-/m1/s1. The predicted molar refractivity (Wildman–Crippen MR) is 62.2 cm³/mol. The first-order valence-electron chi connectivity index (χ1n) is 5.29. The van der Waals surface area contributed by atoms with E-state index in [4.69, 9.17) is 17.3 Å². The van der Waals surface area contributed by atoms with E-state index in [1.54, 1.807) is 24.3 Å². The van der Waals surface area contributed by atoms with Gasteiger partial charge < -0.3 is 10.8 Å². The molecule has 1 saturated carbocycles. The zero-order chi connectivity index (χ0) is 11.8. The molecule has 1 aromatic rings. The molecule has 0 aliphatic heterocycles. The molecule has 3 nitrogen and oxygen atoms in total. The molecule has 0 heterocycles. The maximum absolute atomic E-state index is 11.9. The van der Waals surface area contributed by atoms with Crippen molar-refractivity contribution in [3.63, 3.8) is 0 Å². The summed E-state index contributed by atoms with van der Waals surface area (Å²) in [6, 6.07) is 7.04. The minimum absolute atomic E-state index is 0.0501. The summed E-state index contributed by atoms with van der Waals surface area (Å²) in [7, 11) is 0. The highest BCUT2D eigenvalue weighted by Gasteiger charge is 2.42. The first-order chi connectivity index (χ1) is 7.54. The smallest absolute Gasteiger partial charge is 0.157 e. The lowest BCUT2D eigenvalue weighted by molar-refractivity contribution is -0.129. The summed E-state index contributed by atoms with van der Waals surface area (Å²) in [6.07, 6.45) is 0.514. The second-order valence-corrected chi connectivity index (χ2v) is 4.68. The van der Waals surface area contributed by atoms with Gasteiger partial charge in [0, 0.05) is 17.9 Å². The number of carbonyl (C=O) groups excluding carboxylic acids is 1. The first-order valence-corrected chi connectivity index (χ1v) is 5.67. The molecule has 1 aromatic carbocycles. The van der Waals surface area contributed by atoms with E-state index in [2.05, 4.69) is 0 Å². The minimum Gasteiger partial charge on any atom is -0.393 e. The highest BCUT2D eigenvalue weighted by Crippen LogP contribution is 2.35. The van der Waals surface area contributed by atoms with Crippen LogP contribution in [0.25, 0.3) is 0 Å². The molecule has 16 heavy (non-hydrogen) atoms. The van der Waals surface area contributed by atoms with Crippen molar-refractivity contribution in [3.05, 3.63) is 34.9 Å². The Kier molecular flexibility index (Phi) is 3.02. The quantitative estimate of drug-likeness (QED) is 0.783. The number of rotatable bonds is 1. The van der Waals surface area contributed by atoms with Crippen LogP contribution in [0.5, 0.6) is 0 Å². The molecule has 3 N–H and O–H groups in total.